The molecule has 2 rings (SSSR count). The lowest BCUT2D eigenvalue weighted by atomic mass is 9.76. The zero-order valence-electron chi connectivity index (χ0n) is 12.3. The van der Waals surface area contributed by atoms with Crippen LogP contribution >= 0.6 is 0 Å². The first-order valence-electron chi connectivity index (χ1n) is 7.26. The van der Waals surface area contributed by atoms with Crippen molar-refractivity contribution < 1.29 is 14.7 Å². The highest BCUT2D eigenvalue weighted by molar-refractivity contribution is 5.82. The Balaban J connectivity index is 1.94. The zero-order chi connectivity index (χ0) is 15.3. The van der Waals surface area contributed by atoms with Gasteiger partial charge < -0.3 is 10.4 Å². The maximum Gasteiger partial charge on any atom is 0.322 e. The Hall–Kier alpha value is -1.88. The Morgan fingerprint density at radius 1 is 1.33 bits per heavy atom. The van der Waals surface area contributed by atoms with E-state index in [0.717, 1.165) is 25.9 Å². The van der Waals surface area contributed by atoms with E-state index in [2.05, 4.69) is 29.3 Å². The lowest BCUT2D eigenvalue weighted by Gasteiger charge is -2.40. The van der Waals surface area contributed by atoms with Crippen molar-refractivity contribution in [2.45, 2.75) is 25.2 Å². The van der Waals surface area contributed by atoms with Crippen LogP contribution in [0.5, 0.6) is 0 Å². The van der Waals surface area contributed by atoms with Crippen molar-refractivity contribution in [3.63, 3.8) is 0 Å². The number of hydrogen-bond donors (Lipinski definition) is 2. The topological polar surface area (TPSA) is 69.6 Å². The van der Waals surface area contributed by atoms with E-state index in [1.807, 2.05) is 18.2 Å². The predicted octanol–water partition coefficient (Wildman–Crippen LogP) is 1.24. The zero-order valence-corrected chi connectivity index (χ0v) is 12.3. The summed E-state index contributed by atoms with van der Waals surface area (Å²) in [5.41, 5.74) is 1.34. The Kier molecular flexibility index (Phi) is 4.96. The highest BCUT2D eigenvalue weighted by Crippen LogP contribution is 2.33. The molecule has 0 saturated carbocycles. The van der Waals surface area contributed by atoms with Crippen LogP contribution in [0.3, 0.4) is 0 Å². The van der Waals surface area contributed by atoms with Gasteiger partial charge in [0.1, 0.15) is 6.54 Å². The van der Waals surface area contributed by atoms with E-state index >= 15 is 0 Å². The summed E-state index contributed by atoms with van der Waals surface area (Å²) < 4.78 is 0. The number of amides is 1. The fourth-order valence-electron chi connectivity index (χ4n) is 2.99. The van der Waals surface area contributed by atoms with Crippen LogP contribution in [0.2, 0.25) is 0 Å². The van der Waals surface area contributed by atoms with Gasteiger partial charge in [0.25, 0.3) is 0 Å². The molecule has 0 spiro atoms. The number of aliphatic carboxylic acids is 1. The number of benzene rings is 1. The van der Waals surface area contributed by atoms with E-state index in [-0.39, 0.29) is 24.4 Å². The smallest absolute Gasteiger partial charge is 0.322 e. The number of nitrogens with zero attached hydrogens (tertiary/aromatic N) is 1. The van der Waals surface area contributed by atoms with Crippen molar-refractivity contribution in [3.8, 4) is 0 Å². The first-order valence-corrected chi connectivity index (χ1v) is 7.26. The number of carboxylic acid groups (broad SMARTS) is 1. The van der Waals surface area contributed by atoms with Gasteiger partial charge in [-0.3, -0.25) is 14.5 Å². The summed E-state index contributed by atoms with van der Waals surface area (Å²) in [7, 11) is 0. The normalized spacial score (nSPS) is 22.7. The molecule has 1 aromatic rings. The fraction of sp³-hybridized carbons (Fsp3) is 0.500. The maximum absolute atomic E-state index is 11.7. The first-order chi connectivity index (χ1) is 9.99. The van der Waals surface area contributed by atoms with Crippen molar-refractivity contribution >= 4 is 11.9 Å². The van der Waals surface area contributed by atoms with Crippen LogP contribution in [0.25, 0.3) is 0 Å². The van der Waals surface area contributed by atoms with Gasteiger partial charge in [-0.15, -0.1) is 0 Å². The Labute approximate surface area is 125 Å². The summed E-state index contributed by atoms with van der Waals surface area (Å²) in [4.78, 5) is 24.3. The SMILES string of the molecule is CC1(c2ccccc2)CCCN(CC(=O)NCC(=O)O)C1. The van der Waals surface area contributed by atoms with Crippen LogP contribution in [0.1, 0.15) is 25.3 Å². The second-order valence-corrected chi connectivity index (χ2v) is 5.91. The number of likely N-dealkylation sites (tertiary alicyclic amines) is 1. The third-order valence-corrected chi connectivity index (χ3v) is 4.05. The second kappa shape index (κ2) is 6.72. The summed E-state index contributed by atoms with van der Waals surface area (Å²) in [6, 6.07) is 10.4. The van der Waals surface area contributed by atoms with Gasteiger partial charge in [-0.25, -0.2) is 0 Å². The average molecular weight is 290 g/mol. The monoisotopic (exact) mass is 290 g/mol. The average Bonchev–Trinajstić information content (AvgIpc) is 2.46. The molecule has 0 aliphatic carbocycles. The van der Waals surface area contributed by atoms with Crippen LogP contribution in [0, 0.1) is 0 Å². The van der Waals surface area contributed by atoms with Crippen molar-refractivity contribution in [3.05, 3.63) is 35.9 Å². The first kappa shape index (κ1) is 15.5. The van der Waals surface area contributed by atoms with Gasteiger partial charge in [0.15, 0.2) is 0 Å². The van der Waals surface area contributed by atoms with E-state index < -0.39 is 5.97 Å². The highest BCUT2D eigenvalue weighted by Gasteiger charge is 2.33. The standard InChI is InChI=1S/C16H22N2O3/c1-16(13-6-3-2-4-7-13)8-5-9-18(12-16)11-14(19)17-10-15(20)21/h2-4,6-7H,5,8-12H2,1H3,(H,17,19)(H,20,21). The van der Waals surface area contributed by atoms with Crippen molar-refractivity contribution in [2.75, 3.05) is 26.2 Å². The van der Waals surface area contributed by atoms with Gasteiger partial charge >= 0.3 is 5.97 Å². The molecule has 1 fully saturated rings. The highest BCUT2D eigenvalue weighted by atomic mass is 16.4. The molecule has 1 heterocycles. The van der Waals surface area contributed by atoms with Crippen molar-refractivity contribution in [2.24, 2.45) is 0 Å². The van der Waals surface area contributed by atoms with Crippen LogP contribution in [0.4, 0.5) is 0 Å². The molecule has 0 radical (unpaired) electrons. The molecular weight excluding hydrogens is 268 g/mol. The molecule has 1 unspecified atom stereocenters. The van der Waals surface area contributed by atoms with Gasteiger partial charge in [-0.1, -0.05) is 37.3 Å². The van der Waals surface area contributed by atoms with Gasteiger partial charge in [0.2, 0.25) is 5.91 Å². The number of carbonyl (C=O) groups excluding carboxylic acids is 1. The number of rotatable bonds is 5. The molecule has 5 heteroatoms. The molecule has 0 aromatic heterocycles. The van der Waals surface area contributed by atoms with Crippen LogP contribution in [0.15, 0.2) is 30.3 Å². The number of carboxylic acids is 1. The van der Waals surface area contributed by atoms with Gasteiger partial charge in [0, 0.05) is 12.0 Å². The summed E-state index contributed by atoms with van der Waals surface area (Å²) in [6.07, 6.45) is 2.14. The summed E-state index contributed by atoms with van der Waals surface area (Å²) in [5, 5.41) is 11.0. The number of piperidine rings is 1. The van der Waals surface area contributed by atoms with Crippen LogP contribution in [-0.4, -0.2) is 48.1 Å². The summed E-state index contributed by atoms with van der Waals surface area (Å²) in [5.74, 6) is -1.24. The molecule has 0 bridgehead atoms. The van der Waals surface area contributed by atoms with E-state index in [4.69, 9.17) is 5.11 Å². The second-order valence-electron chi connectivity index (χ2n) is 5.91. The summed E-state index contributed by atoms with van der Waals surface area (Å²) >= 11 is 0. The molecule has 1 saturated heterocycles. The van der Waals surface area contributed by atoms with Gasteiger partial charge in [0.05, 0.1) is 6.54 Å². The molecule has 114 valence electrons. The third-order valence-electron chi connectivity index (χ3n) is 4.05. The van der Waals surface area contributed by atoms with Crippen LogP contribution < -0.4 is 5.32 Å². The van der Waals surface area contributed by atoms with Gasteiger partial charge in [-0.05, 0) is 24.9 Å². The number of nitrogens with one attached hydrogen (secondary N) is 1. The minimum atomic E-state index is -1.02. The van der Waals surface area contributed by atoms with E-state index in [0.29, 0.717) is 0 Å². The van der Waals surface area contributed by atoms with E-state index in [1.54, 1.807) is 0 Å². The molecule has 1 aliphatic heterocycles. The Morgan fingerprint density at radius 3 is 2.71 bits per heavy atom. The van der Waals surface area contributed by atoms with E-state index in [9.17, 15) is 9.59 Å². The maximum atomic E-state index is 11.7. The molecule has 1 aliphatic rings. The lowest BCUT2D eigenvalue weighted by molar-refractivity contribution is -0.138. The van der Waals surface area contributed by atoms with Crippen LogP contribution in [-0.2, 0) is 15.0 Å². The third kappa shape index (κ3) is 4.29. The molecule has 2 N–H and O–H groups in total. The molecule has 1 aromatic carbocycles. The number of hydrogen-bond acceptors (Lipinski definition) is 3. The van der Waals surface area contributed by atoms with Crippen molar-refractivity contribution in [1.29, 1.82) is 0 Å². The predicted molar refractivity (Wildman–Crippen MR) is 80.1 cm³/mol. The minimum Gasteiger partial charge on any atom is -0.480 e. The molecule has 1 amide bonds. The number of carbonyl (C=O) groups is 2. The van der Waals surface area contributed by atoms with Gasteiger partial charge in [-0.2, -0.15) is 0 Å². The largest absolute Gasteiger partial charge is 0.480 e. The van der Waals surface area contributed by atoms with Crippen molar-refractivity contribution in [1.82, 2.24) is 10.2 Å². The summed E-state index contributed by atoms with van der Waals surface area (Å²) in [6.45, 7) is 3.86. The quantitative estimate of drug-likeness (QED) is 0.856. The molecular formula is C16H22N2O3. The van der Waals surface area contributed by atoms with E-state index in [1.165, 1.54) is 5.56 Å². The molecule has 1 atom stereocenters. The molecule has 21 heavy (non-hydrogen) atoms. The fourth-order valence-corrected chi connectivity index (χ4v) is 2.99. The Bertz CT molecular complexity index is 504. The molecule has 5 nitrogen and oxygen atoms in total. The lowest BCUT2D eigenvalue weighted by Crippen LogP contribution is -2.48. The Morgan fingerprint density at radius 2 is 2.05 bits per heavy atom. The minimum absolute atomic E-state index is 0.0482.